The van der Waals surface area contributed by atoms with Crippen LogP contribution in [-0.4, -0.2) is 37.3 Å². The van der Waals surface area contributed by atoms with Crippen molar-refractivity contribution in [3.05, 3.63) is 112 Å². The van der Waals surface area contributed by atoms with Gasteiger partial charge in [0.2, 0.25) is 0 Å². The predicted octanol–water partition coefficient (Wildman–Crippen LogP) is 7.10. The third-order valence-electron chi connectivity index (χ3n) is 9.31. The first-order valence-corrected chi connectivity index (χ1v) is 17.2. The molecule has 8 rings (SSSR count). The van der Waals surface area contributed by atoms with E-state index in [9.17, 15) is 9.59 Å². The molecule has 0 saturated carbocycles. The highest BCUT2D eigenvalue weighted by Gasteiger charge is 2.31. The highest BCUT2D eigenvalue weighted by atomic mass is 32.2. The SMILES string of the molecule is O=C(COc1ccc(C2Nc3ccc(N4Cc5cc(N6CCCCC6)ccc5C4=O)cc3N2)cc1)NC1=CCC=C2SCCC2=C1. The zero-order valence-electron chi connectivity index (χ0n) is 25.7. The summed E-state index contributed by atoms with van der Waals surface area (Å²) in [6.07, 6.45) is 11.8. The van der Waals surface area contributed by atoms with Crippen molar-refractivity contribution < 1.29 is 14.3 Å². The van der Waals surface area contributed by atoms with Crippen LogP contribution in [0.5, 0.6) is 5.75 Å². The maximum atomic E-state index is 13.4. The smallest absolute Gasteiger partial charge is 0.262 e. The Morgan fingerprint density at radius 1 is 0.935 bits per heavy atom. The third-order valence-corrected chi connectivity index (χ3v) is 10.5. The van der Waals surface area contributed by atoms with Gasteiger partial charge >= 0.3 is 0 Å². The standard InChI is InChI=1S/C37H37N5O3S/c43-35(38-27-5-4-6-34-25(19-27)15-18-46-34)23-45-30-11-7-24(8-12-30)36-39-32-14-10-29(21-33(32)40-36)42-22-26-20-28(9-13-31(26)37(42)44)41-16-2-1-3-17-41/h5-14,19-21,36,39-40H,1-4,15-18,22-23H2,(H,38,43). The molecule has 0 aromatic heterocycles. The van der Waals surface area contributed by atoms with Gasteiger partial charge < -0.3 is 30.5 Å². The van der Waals surface area contributed by atoms with Crippen LogP contribution in [0.25, 0.3) is 0 Å². The topological polar surface area (TPSA) is 85.9 Å². The summed E-state index contributed by atoms with van der Waals surface area (Å²) in [7, 11) is 0. The molecule has 3 N–H and O–H groups in total. The molecule has 3 aromatic rings. The van der Waals surface area contributed by atoms with Crippen molar-refractivity contribution in [2.24, 2.45) is 0 Å². The number of carbonyl (C=O) groups excluding carboxylic acids is 2. The van der Waals surface area contributed by atoms with Crippen LogP contribution >= 0.6 is 11.8 Å². The molecule has 0 spiro atoms. The van der Waals surface area contributed by atoms with E-state index in [0.29, 0.717) is 12.3 Å². The molecule has 234 valence electrons. The van der Waals surface area contributed by atoms with Crippen molar-refractivity contribution in [2.45, 2.75) is 44.8 Å². The Morgan fingerprint density at radius 3 is 2.63 bits per heavy atom. The second kappa shape index (κ2) is 12.3. The summed E-state index contributed by atoms with van der Waals surface area (Å²) in [6, 6.07) is 20.2. The van der Waals surface area contributed by atoms with Gasteiger partial charge in [-0.15, -0.1) is 11.8 Å². The molecule has 1 unspecified atom stereocenters. The summed E-state index contributed by atoms with van der Waals surface area (Å²) in [6.45, 7) is 2.70. The minimum Gasteiger partial charge on any atom is -0.484 e. The van der Waals surface area contributed by atoms with Crippen LogP contribution in [0, 0.1) is 0 Å². The monoisotopic (exact) mass is 631 g/mol. The van der Waals surface area contributed by atoms with Gasteiger partial charge in [0.05, 0.1) is 17.9 Å². The zero-order valence-corrected chi connectivity index (χ0v) is 26.5. The number of anilines is 4. The summed E-state index contributed by atoms with van der Waals surface area (Å²) >= 11 is 1.88. The molecule has 5 aliphatic rings. The second-order valence-electron chi connectivity index (χ2n) is 12.4. The number of thioether (sulfide) groups is 1. The maximum absolute atomic E-state index is 13.4. The second-order valence-corrected chi connectivity index (χ2v) is 13.5. The van der Waals surface area contributed by atoms with E-state index in [4.69, 9.17) is 4.74 Å². The number of nitrogens with one attached hydrogen (secondary N) is 3. The highest BCUT2D eigenvalue weighted by molar-refractivity contribution is 8.03. The number of rotatable bonds is 7. The molecule has 4 heterocycles. The van der Waals surface area contributed by atoms with Gasteiger partial charge in [0.15, 0.2) is 6.61 Å². The van der Waals surface area contributed by atoms with Crippen molar-refractivity contribution in [2.75, 3.05) is 45.9 Å². The normalized spacial score (nSPS) is 20.0. The minimum atomic E-state index is -0.173. The molecule has 0 radical (unpaired) electrons. The first-order chi connectivity index (χ1) is 22.6. The lowest BCUT2D eigenvalue weighted by Crippen LogP contribution is -2.29. The van der Waals surface area contributed by atoms with Crippen LogP contribution < -0.4 is 30.5 Å². The van der Waals surface area contributed by atoms with Crippen molar-refractivity contribution in [3.8, 4) is 5.75 Å². The molecule has 3 aromatic carbocycles. The van der Waals surface area contributed by atoms with Gasteiger partial charge in [0, 0.05) is 46.4 Å². The van der Waals surface area contributed by atoms with Gasteiger partial charge in [-0.05, 0) is 103 Å². The fourth-order valence-electron chi connectivity index (χ4n) is 6.87. The Morgan fingerprint density at radius 2 is 1.76 bits per heavy atom. The molecule has 2 fully saturated rings. The number of benzene rings is 3. The Balaban J connectivity index is 0.871. The molecule has 2 amide bonds. The predicted molar refractivity (Wildman–Crippen MR) is 185 cm³/mol. The van der Waals surface area contributed by atoms with Crippen LogP contribution in [0.4, 0.5) is 22.7 Å². The molecule has 4 aliphatic heterocycles. The Hall–Kier alpha value is -4.63. The number of piperidine rings is 1. The quantitative estimate of drug-likeness (QED) is 0.256. The summed E-state index contributed by atoms with van der Waals surface area (Å²) in [5.41, 5.74) is 9.12. The Kier molecular flexibility index (Phi) is 7.70. The maximum Gasteiger partial charge on any atom is 0.262 e. The Bertz CT molecular complexity index is 1790. The van der Waals surface area contributed by atoms with Crippen molar-refractivity contribution in [1.29, 1.82) is 0 Å². The van der Waals surface area contributed by atoms with Gasteiger partial charge in [-0.3, -0.25) is 9.59 Å². The lowest BCUT2D eigenvalue weighted by Gasteiger charge is -2.29. The number of hydrogen-bond donors (Lipinski definition) is 3. The number of allylic oxidation sites excluding steroid dienone is 4. The molecular weight excluding hydrogens is 595 g/mol. The van der Waals surface area contributed by atoms with Crippen LogP contribution in [0.3, 0.4) is 0 Å². The van der Waals surface area contributed by atoms with E-state index in [0.717, 1.165) is 71.1 Å². The van der Waals surface area contributed by atoms with E-state index in [2.05, 4.69) is 51.2 Å². The van der Waals surface area contributed by atoms with Crippen LogP contribution in [0.2, 0.25) is 0 Å². The molecule has 46 heavy (non-hydrogen) atoms. The number of carbonyl (C=O) groups is 2. The van der Waals surface area contributed by atoms with E-state index in [1.807, 2.05) is 65.2 Å². The van der Waals surface area contributed by atoms with Gasteiger partial charge in [-0.1, -0.05) is 24.3 Å². The number of amides is 2. The number of nitrogens with zero attached hydrogens (tertiary/aromatic N) is 2. The number of ether oxygens (including phenoxy) is 1. The average molecular weight is 632 g/mol. The first-order valence-electron chi connectivity index (χ1n) is 16.2. The van der Waals surface area contributed by atoms with Crippen molar-refractivity contribution in [3.63, 3.8) is 0 Å². The van der Waals surface area contributed by atoms with Crippen molar-refractivity contribution in [1.82, 2.24) is 5.32 Å². The molecule has 9 heteroatoms. The molecule has 0 bridgehead atoms. The minimum absolute atomic E-state index is 0.0500. The fraction of sp³-hybridized carbons (Fsp3) is 0.297. The van der Waals surface area contributed by atoms with E-state index >= 15 is 0 Å². The van der Waals surface area contributed by atoms with Gasteiger partial charge in [0.1, 0.15) is 11.9 Å². The van der Waals surface area contributed by atoms with Crippen LogP contribution in [0.15, 0.2) is 95.1 Å². The highest BCUT2D eigenvalue weighted by Crippen LogP contribution is 2.41. The number of hydrogen-bond acceptors (Lipinski definition) is 7. The van der Waals surface area contributed by atoms with Gasteiger partial charge in [-0.2, -0.15) is 0 Å². The van der Waals surface area contributed by atoms with Crippen LogP contribution in [-0.2, 0) is 11.3 Å². The van der Waals surface area contributed by atoms with Gasteiger partial charge in [-0.25, -0.2) is 0 Å². The summed E-state index contributed by atoms with van der Waals surface area (Å²) in [5.74, 6) is 1.62. The molecular formula is C37H37N5O3S. The average Bonchev–Trinajstić information content (AvgIpc) is 3.77. The molecule has 1 aliphatic carbocycles. The third kappa shape index (κ3) is 5.75. The number of fused-ring (bicyclic) bond motifs is 3. The lowest BCUT2D eigenvalue weighted by atomic mass is 10.1. The van der Waals surface area contributed by atoms with Crippen LogP contribution in [0.1, 0.15) is 59.8 Å². The summed E-state index contributed by atoms with van der Waals surface area (Å²) < 4.78 is 5.80. The van der Waals surface area contributed by atoms with Crippen molar-refractivity contribution >= 4 is 46.3 Å². The molecule has 8 nitrogen and oxygen atoms in total. The van der Waals surface area contributed by atoms with Gasteiger partial charge in [0.25, 0.3) is 11.8 Å². The van der Waals surface area contributed by atoms with E-state index < -0.39 is 0 Å². The zero-order chi connectivity index (χ0) is 31.0. The molecule has 1 atom stereocenters. The Labute approximate surface area is 273 Å². The van der Waals surface area contributed by atoms with E-state index in [1.165, 1.54) is 35.4 Å². The lowest BCUT2D eigenvalue weighted by molar-refractivity contribution is -0.122. The molecule has 2 saturated heterocycles. The summed E-state index contributed by atoms with van der Waals surface area (Å²) in [4.78, 5) is 31.6. The summed E-state index contributed by atoms with van der Waals surface area (Å²) in [5, 5.41) is 10.1. The largest absolute Gasteiger partial charge is 0.484 e. The fourth-order valence-corrected chi connectivity index (χ4v) is 7.98. The van der Waals surface area contributed by atoms with E-state index in [1.54, 1.807) is 0 Å². The first kappa shape index (κ1) is 28.8. The van der Waals surface area contributed by atoms with E-state index in [-0.39, 0.29) is 24.6 Å².